The van der Waals surface area contributed by atoms with E-state index in [1.54, 1.807) is 0 Å². The van der Waals surface area contributed by atoms with E-state index < -0.39 is 30.2 Å². The predicted molar refractivity (Wildman–Crippen MR) is 120 cm³/mol. The van der Waals surface area contributed by atoms with Gasteiger partial charge < -0.3 is 30.0 Å². The molecule has 0 saturated carbocycles. The number of nitrogens with one attached hydrogen (secondary N) is 1. The minimum Gasteiger partial charge on any atom is -0.466 e. The first kappa shape index (κ1) is 24.0. The van der Waals surface area contributed by atoms with Crippen molar-refractivity contribution >= 4 is 17.9 Å². The Morgan fingerprint density at radius 3 is 2.74 bits per heavy atom. The van der Waals surface area contributed by atoms with Gasteiger partial charge in [-0.05, 0) is 36.9 Å². The summed E-state index contributed by atoms with van der Waals surface area (Å²) in [6.45, 7) is 0.837. The molecule has 182 valence electrons. The third-order valence-corrected chi connectivity index (χ3v) is 6.56. The van der Waals surface area contributed by atoms with Gasteiger partial charge in [-0.25, -0.2) is 9.59 Å². The fourth-order valence-electron chi connectivity index (χ4n) is 4.72. The fraction of sp³-hybridized carbons (Fsp3) is 0.480. The molecule has 2 heterocycles. The summed E-state index contributed by atoms with van der Waals surface area (Å²) in [6.07, 6.45) is 4.90. The van der Waals surface area contributed by atoms with E-state index in [-0.39, 0.29) is 24.5 Å². The van der Waals surface area contributed by atoms with E-state index in [2.05, 4.69) is 11.1 Å². The Hall–Kier alpha value is -3.17. The van der Waals surface area contributed by atoms with Crippen molar-refractivity contribution < 1.29 is 39.1 Å². The minimum absolute atomic E-state index is 0.0435. The molecule has 1 aliphatic carbocycles. The van der Waals surface area contributed by atoms with Crippen LogP contribution in [0.3, 0.4) is 0 Å². The highest BCUT2D eigenvalue weighted by Crippen LogP contribution is 2.44. The number of benzene rings is 1. The van der Waals surface area contributed by atoms with Crippen molar-refractivity contribution in [2.45, 2.75) is 44.1 Å². The Morgan fingerprint density at radius 1 is 1.24 bits per heavy atom. The lowest BCUT2D eigenvalue weighted by atomic mass is 9.83. The number of hydrogen-bond donors (Lipinski definition) is 2. The molecule has 4 N–H and O–H groups in total. The average Bonchev–Trinajstić information content (AvgIpc) is 3.54. The first-order valence-corrected chi connectivity index (χ1v) is 11.6. The monoisotopic (exact) mass is 471 g/mol. The van der Waals surface area contributed by atoms with E-state index >= 15 is 0 Å². The molecule has 34 heavy (non-hydrogen) atoms. The molecule has 5 unspecified atom stereocenters. The SMILES string of the molecule is COC(=O)C1=COC(OC(=O)C([NH3+])Cc2ccccc2)C2C(COC(=O)C3CCCN3)=CCC12. The van der Waals surface area contributed by atoms with E-state index in [1.807, 2.05) is 36.4 Å². The molecule has 5 atom stereocenters. The van der Waals surface area contributed by atoms with E-state index in [4.69, 9.17) is 18.9 Å². The van der Waals surface area contributed by atoms with Gasteiger partial charge in [0.1, 0.15) is 12.6 Å². The lowest BCUT2D eigenvalue weighted by molar-refractivity contribution is -0.410. The van der Waals surface area contributed by atoms with Gasteiger partial charge in [-0.1, -0.05) is 36.4 Å². The normalized spacial score (nSPS) is 26.4. The molecular weight excluding hydrogens is 440 g/mol. The van der Waals surface area contributed by atoms with Crippen LogP contribution in [0.15, 0.2) is 53.8 Å². The molecule has 1 aromatic carbocycles. The zero-order valence-corrected chi connectivity index (χ0v) is 19.2. The topological polar surface area (TPSA) is 128 Å². The quantitative estimate of drug-likeness (QED) is 0.321. The maximum absolute atomic E-state index is 12.8. The van der Waals surface area contributed by atoms with Gasteiger partial charge in [-0.3, -0.25) is 4.79 Å². The molecule has 1 saturated heterocycles. The van der Waals surface area contributed by atoms with Crippen molar-refractivity contribution in [2.75, 3.05) is 20.3 Å². The zero-order valence-electron chi connectivity index (χ0n) is 19.2. The fourth-order valence-corrected chi connectivity index (χ4v) is 4.72. The van der Waals surface area contributed by atoms with Gasteiger partial charge in [0, 0.05) is 12.3 Å². The summed E-state index contributed by atoms with van der Waals surface area (Å²) in [7, 11) is 1.31. The number of methoxy groups -OCH3 is 1. The number of rotatable bonds is 8. The number of quaternary nitrogens is 1. The van der Waals surface area contributed by atoms with Crippen LogP contribution in [0.1, 0.15) is 24.8 Å². The van der Waals surface area contributed by atoms with Crippen molar-refractivity contribution in [3.05, 3.63) is 59.4 Å². The molecule has 9 heteroatoms. The van der Waals surface area contributed by atoms with Crippen LogP contribution in [0.25, 0.3) is 0 Å². The molecule has 2 aliphatic heterocycles. The highest BCUT2D eigenvalue weighted by atomic mass is 16.7. The second-order valence-electron chi connectivity index (χ2n) is 8.80. The molecule has 0 amide bonds. The Bertz CT molecular complexity index is 969. The summed E-state index contributed by atoms with van der Waals surface area (Å²) in [5.41, 5.74) is 6.05. The maximum atomic E-state index is 12.8. The summed E-state index contributed by atoms with van der Waals surface area (Å²) in [5, 5.41) is 3.12. The first-order chi connectivity index (χ1) is 16.5. The summed E-state index contributed by atoms with van der Waals surface area (Å²) in [5.74, 6) is -2.07. The van der Waals surface area contributed by atoms with Crippen molar-refractivity contribution in [1.29, 1.82) is 0 Å². The van der Waals surface area contributed by atoms with Crippen molar-refractivity contribution in [3.8, 4) is 0 Å². The standard InChI is InChI=1S/C25H30N2O7/c1-31-22(28)18-14-33-25(34-23(29)19(26)12-15-6-3-2-4-7-15)21-16(9-10-17(18)21)13-32-24(30)20-8-5-11-27-20/h2-4,6-7,9,14,17,19-21,25,27H,5,8,10-13,26H2,1H3/p+1. The molecule has 0 bridgehead atoms. The summed E-state index contributed by atoms with van der Waals surface area (Å²) >= 11 is 0. The van der Waals surface area contributed by atoms with Crippen LogP contribution in [0, 0.1) is 11.8 Å². The third kappa shape index (κ3) is 5.31. The van der Waals surface area contributed by atoms with E-state index in [0.717, 1.165) is 30.5 Å². The molecular formula is C25H31N2O7+. The van der Waals surface area contributed by atoms with Crippen LogP contribution in [-0.4, -0.2) is 56.5 Å². The van der Waals surface area contributed by atoms with Gasteiger partial charge in [0.2, 0.25) is 0 Å². The van der Waals surface area contributed by atoms with E-state index in [0.29, 0.717) is 18.4 Å². The number of esters is 3. The van der Waals surface area contributed by atoms with Gasteiger partial charge in [-0.15, -0.1) is 0 Å². The third-order valence-electron chi connectivity index (χ3n) is 6.56. The Kier molecular flexibility index (Phi) is 7.64. The summed E-state index contributed by atoms with van der Waals surface area (Å²) < 4.78 is 21.9. The molecule has 1 fully saturated rings. The molecule has 0 aromatic heterocycles. The minimum atomic E-state index is -0.956. The lowest BCUT2D eigenvalue weighted by Crippen LogP contribution is -2.67. The lowest BCUT2D eigenvalue weighted by Gasteiger charge is -2.34. The van der Waals surface area contributed by atoms with Crippen LogP contribution >= 0.6 is 0 Å². The zero-order chi connectivity index (χ0) is 24.1. The van der Waals surface area contributed by atoms with Crippen LogP contribution < -0.4 is 11.1 Å². The molecule has 1 aromatic rings. The highest BCUT2D eigenvalue weighted by molar-refractivity contribution is 5.89. The predicted octanol–water partition coefficient (Wildman–Crippen LogP) is 0.654. The van der Waals surface area contributed by atoms with Crippen LogP contribution in [0.5, 0.6) is 0 Å². The largest absolute Gasteiger partial charge is 0.466 e. The maximum Gasteiger partial charge on any atom is 0.368 e. The Labute approximate surface area is 198 Å². The average molecular weight is 472 g/mol. The van der Waals surface area contributed by atoms with E-state index in [1.165, 1.54) is 13.4 Å². The van der Waals surface area contributed by atoms with Gasteiger partial charge in [0.05, 0.1) is 24.9 Å². The van der Waals surface area contributed by atoms with Crippen molar-refractivity contribution in [1.82, 2.24) is 5.32 Å². The van der Waals surface area contributed by atoms with Crippen LogP contribution in [0.4, 0.5) is 0 Å². The number of hydrogen-bond acceptors (Lipinski definition) is 8. The Morgan fingerprint density at radius 2 is 2.03 bits per heavy atom. The number of ether oxygens (including phenoxy) is 4. The number of fused-ring (bicyclic) bond motifs is 1. The summed E-state index contributed by atoms with van der Waals surface area (Å²) in [6, 6.07) is 8.63. The van der Waals surface area contributed by atoms with Crippen molar-refractivity contribution in [2.24, 2.45) is 11.8 Å². The number of carbonyl (C=O) groups is 3. The van der Waals surface area contributed by atoms with Gasteiger partial charge in [0.15, 0.2) is 6.04 Å². The van der Waals surface area contributed by atoms with Crippen LogP contribution in [0.2, 0.25) is 0 Å². The summed E-state index contributed by atoms with van der Waals surface area (Å²) in [4.78, 5) is 37.5. The van der Waals surface area contributed by atoms with Gasteiger partial charge in [-0.2, -0.15) is 0 Å². The van der Waals surface area contributed by atoms with Gasteiger partial charge >= 0.3 is 17.9 Å². The molecule has 3 aliphatic rings. The second-order valence-corrected chi connectivity index (χ2v) is 8.80. The molecule has 9 nitrogen and oxygen atoms in total. The van der Waals surface area contributed by atoms with Crippen molar-refractivity contribution in [3.63, 3.8) is 0 Å². The number of carbonyl (C=O) groups excluding carboxylic acids is 3. The van der Waals surface area contributed by atoms with Crippen LogP contribution in [-0.2, 0) is 39.8 Å². The highest BCUT2D eigenvalue weighted by Gasteiger charge is 2.47. The van der Waals surface area contributed by atoms with E-state index in [9.17, 15) is 14.4 Å². The molecule has 0 spiro atoms. The smallest absolute Gasteiger partial charge is 0.368 e. The number of allylic oxidation sites excluding steroid dienone is 1. The molecule has 4 rings (SSSR count). The first-order valence-electron chi connectivity index (χ1n) is 11.6. The Balaban J connectivity index is 1.45. The molecule has 0 radical (unpaired) electrons. The second kappa shape index (κ2) is 10.8. The van der Waals surface area contributed by atoms with Gasteiger partial charge in [0.25, 0.3) is 6.29 Å².